The van der Waals surface area contributed by atoms with Crippen molar-refractivity contribution in [2.75, 3.05) is 12.3 Å². The molecule has 0 heterocycles. The zero-order valence-corrected chi connectivity index (χ0v) is 11.6. The van der Waals surface area contributed by atoms with Crippen molar-refractivity contribution < 1.29 is 9.59 Å². The van der Waals surface area contributed by atoms with Gasteiger partial charge in [-0.1, -0.05) is 30.3 Å². The number of hydrogen-bond acceptors (Lipinski definition) is 4. The molecule has 0 aromatic heterocycles. The van der Waals surface area contributed by atoms with Crippen LogP contribution in [0.4, 0.5) is 5.69 Å². The Hall–Kier alpha value is -2.46. The molecule has 0 saturated heterocycles. The number of rotatable bonds is 3. The van der Waals surface area contributed by atoms with Crippen LogP contribution >= 0.6 is 0 Å². The maximum atomic E-state index is 12.8. The fourth-order valence-corrected chi connectivity index (χ4v) is 2.82. The average Bonchev–Trinajstić information content (AvgIpc) is 2.51. The van der Waals surface area contributed by atoms with Crippen LogP contribution in [0, 0.1) is 0 Å². The molecule has 0 radical (unpaired) electrons. The average molecular weight is 280 g/mol. The van der Waals surface area contributed by atoms with Crippen molar-refractivity contribution in [2.24, 2.45) is 5.73 Å². The van der Waals surface area contributed by atoms with Crippen molar-refractivity contribution in [1.29, 1.82) is 0 Å². The monoisotopic (exact) mass is 280 g/mol. The number of ketones is 2. The summed E-state index contributed by atoms with van der Waals surface area (Å²) in [5, 5.41) is 0. The molecule has 4 heteroatoms. The minimum Gasteiger partial charge on any atom is -0.398 e. The molecule has 1 aliphatic carbocycles. The van der Waals surface area contributed by atoms with Gasteiger partial charge in [0.2, 0.25) is 0 Å². The lowest BCUT2D eigenvalue weighted by Gasteiger charge is -2.21. The lowest BCUT2D eigenvalue weighted by Crippen LogP contribution is -2.24. The van der Waals surface area contributed by atoms with Crippen LogP contribution in [0.3, 0.4) is 0 Å². The molecule has 0 bridgehead atoms. The highest BCUT2D eigenvalue weighted by Gasteiger charge is 2.32. The van der Waals surface area contributed by atoms with E-state index >= 15 is 0 Å². The van der Waals surface area contributed by atoms with Crippen LogP contribution in [0.2, 0.25) is 0 Å². The number of aryl methyl sites for hydroxylation is 1. The summed E-state index contributed by atoms with van der Waals surface area (Å²) in [4.78, 5) is 25.4. The zero-order valence-electron chi connectivity index (χ0n) is 11.6. The molecule has 0 saturated carbocycles. The van der Waals surface area contributed by atoms with Gasteiger partial charge >= 0.3 is 0 Å². The van der Waals surface area contributed by atoms with Gasteiger partial charge in [0.1, 0.15) is 0 Å². The Bertz CT molecular complexity index is 750. The number of carbonyl (C=O) groups excluding carboxylic acids is 2. The topological polar surface area (TPSA) is 86.2 Å². The molecule has 0 fully saturated rings. The van der Waals surface area contributed by atoms with Crippen LogP contribution in [0.5, 0.6) is 0 Å². The first kappa shape index (κ1) is 13.5. The second-order valence-electron chi connectivity index (χ2n) is 5.16. The lowest BCUT2D eigenvalue weighted by molar-refractivity contribution is 0.0979. The Labute approximate surface area is 122 Å². The molecule has 106 valence electrons. The van der Waals surface area contributed by atoms with E-state index in [4.69, 9.17) is 11.5 Å². The summed E-state index contributed by atoms with van der Waals surface area (Å²) in [6, 6.07) is 10.4. The number of benzene rings is 2. The lowest BCUT2D eigenvalue weighted by atomic mass is 9.80. The van der Waals surface area contributed by atoms with E-state index in [0.717, 1.165) is 12.0 Å². The summed E-state index contributed by atoms with van der Waals surface area (Å²) in [5.41, 5.74) is 14.4. The molecule has 0 amide bonds. The molecule has 1 aliphatic rings. The summed E-state index contributed by atoms with van der Waals surface area (Å²) >= 11 is 0. The maximum Gasteiger partial charge on any atom is 0.196 e. The van der Waals surface area contributed by atoms with Crippen LogP contribution < -0.4 is 11.5 Å². The van der Waals surface area contributed by atoms with Gasteiger partial charge in [-0.25, -0.2) is 0 Å². The predicted molar refractivity (Wildman–Crippen MR) is 81.5 cm³/mol. The quantitative estimate of drug-likeness (QED) is 0.718. The normalized spacial score (nSPS) is 13.0. The first-order chi connectivity index (χ1) is 10.1. The van der Waals surface area contributed by atoms with Gasteiger partial charge in [0.05, 0.1) is 5.56 Å². The fourth-order valence-electron chi connectivity index (χ4n) is 2.82. The van der Waals surface area contributed by atoms with Crippen LogP contribution in [0.15, 0.2) is 36.4 Å². The third-order valence-corrected chi connectivity index (χ3v) is 3.84. The largest absolute Gasteiger partial charge is 0.398 e. The third kappa shape index (κ3) is 2.04. The van der Waals surface area contributed by atoms with Crippen molar-refractivity contribution in [3.8, 4) is 0 Å². The Morgan fingerprint density at radius 1 is 0.857 bits per heavy atom. The minimum absolute atomic E-state index is 0.125. The molecule has 0 unspecified atom stereocenters. The van der Waals surface area contributed by atoms with E-state index in [2.05, 4.69) is 0 Å². The van der Waals surface area contributed by atoms with Crippen LogP contribution in [0.1, 0.15) is 43.8 Å². The molecule has 21 heavy (non-hydrogen) atoms. The number of anilines is 1. The van der Waals surface area contributed by atoms with Gasteiger partial charge in [0.15, 0.2) is 11.6 Å². The standard InChI is InChI=1S/C17H16N2O2/c18-9-3-4-10-7-8-13(19)15-14(10)16(20)11-5-1-2-6-12(11)17(15)21/h1-2,5-8H,3-4,9,18-19H2. The Morgan fingerprint density at radius 3 is 2.10 bits per heavy atom. The first-order valence-corrected chi connectivity index (χ1v) is 6.95. The fraction of sp³-hybridized carbons (Fsp3) is 0.176. The van der Waals surface area contributed by atoms with Crippen molar-refractivity contribution in [1.82, 2.24) is 0 Å². The predicted octanol–water partition coefficient (Wildman–Crippen LogP) is 1.94. The molecule has 3 rings (SSSR count). The Balaban J connectivity index is 2.24. The van der Waals surface area contributed by atoms with Crippen LogP contribution in [0.25, 0.3) is 0 Å². The van der Waals surface area contributed by atoms with Crippen molar-refractivity contribution in [2.45, 2.75) is 12.8 Å². The summed E-state index contributed by atoms with van der Waals surface area (Å²) in [6.07, 6.45) is 1.43. The second kappa shape index (κ2) is 5.14. The number of hydrogen-bond donors (Lipinski definition) is 2. The number of carbonyl (C=O) groups is 2. The second-order valence-corrected chi connectivity index (χ2v) is 5.16. The summed E-state index contributed by atoms with van der Waals surface area (Å²) in [6.45, 7) is 0.540. The van der Waals surface area contributed by atoms with Gasteiger partial charge in [-0.2, -0.15) is 0 Å². The number of fused-ring (bicyclic) bond motifs is 2. The highest BCUT2D eigenvalue weighted by Crippen LogP contribution is 2.33. The molecular weight excluding hydrogens is 264 g/mol. The summed E-state index contributed by atoms with van der Waals surface area (Å²) in [5.74, 6) is -0.299. The van der Waals surface area contributed by atoms with Crippen molar-refractivity contribution in [3.05, 3.63) is 64.2 Å². The van der Waals surface area contributed by atoms with E-state index in [1.807, 2.05) is 6.07 Å². The molecule has 2 aromatic carbocycles. The van der Waals surface area contributed by atoms with E-state index in [1.165, 1.54) is 0 Å². The number of nitrogens with two attached hydrogens (primary N) is 2. The Kier molecular flexibility index (Phi) is 3.31. The highest BCUT2D eigenvalue weighted by molar-refractivity contribution is 6.30. The summed E-state index contributed by atoms with van der Waals surface area (Å²) < 4.78 is 0. The molecule has 0 aliphatic heterocycles. The Morgan fingerprint density at radius 2 is 1.48 bits per heavy atom. The SMILES string of the molecule is NCCCc1ccc(N)c2c1C(=O)c1ccccc1C2=O. The molecular formula is C17H16N2O2. The maximum absolute atomic E-state index is 12.8. The van der Waals surface area contributed by atoms with Crippen LogP contribution in [-0.4, -0.2) is 18.1 Å². The van der Waals surface area contributed by atoms with E-state index < -0.39 is 0 Å². The number of nitrogen functional groups attached to an aromatic ring is 1. The van der Waals surface area contributed by atoms with Crippen molar-refractivity contribution >= 4 is 17.3 Å². The van der Waals surface area contributed by atoms with Gasteiger partial charge in [-0.3, -0.25) is 9.59 Å². The smallest absolute Gasteiger partial charge is 0.196 e. The summed E-state index contributed by atoms with van der Waals surface area (Å²) in [7, 11) is 0. The first-order valence-electron chi connectivity index (χ1n) is 6.95. The van der Waals surface area contributed by atoms with E-state index in [9.17, 15) is 9.59 Å². The van der Waals surface area contributed by atoms with Gasteiger partial charge in [-0.15, -0.1) is 0 Å². The van der Waals surface area contributed by atoms with Gasteiger partial charge in [-0.05, 0) is 31.0 Å². The van der Waals surface area contributed by atoms with Crippen molar-refractivity contribution in [3.63, 3.8) is 0 Å². The third-order valence-electron chi connectivity index (χ3n) is 3.84. The highest BCUT2D eigenvalue weighted by atomic mass is 16.1. The van der Waals surface area contributed by atoms with E-state index in [-0.39, 0.29) is 11.6 Å². The molecule has 4 N–H and O–H groups in total. The minimum atomic E-state index is -0.174. The van der Waals surface area contributed by atoms with Gasteiger partial charge in [0.25, 0.3) is 0 Å². The zero-order chi connectivity index (χ0) is 15.0. The van der Waals surface area contributed by atoms with Gasteiger partial charge in [0, 0.05) is 22.4 Å². The molecule has 0 spiro atoms. The molecule has 2 aromatic rings. The van der Waals surface area contributed by atoms with E-state index in [1.54, 1.807) is 30.3 Å². The molecule has 0 atom stereocenters. The van der Waals surface area contributed by atoms with E-state index in [0.29, 0.717) is 40.9 Å². The van der Waals surface area contributed by atoms with Crippen LogP contribution in [-0.2, 0) is 6.42 Å². The van der Waals surface area contributed by atoms with Gasteiger partial charge < -0.3 is 11.5 Å². The molecule has 4 nitrogen and oxygen atoms in total.